The Morgan fingerprint density at radius 2 is 2.24 bits per heavy atom. The van der Waals surface area contributed by atoms with Crippen LogP contribution in [-0.2, 0) is 4.74 Å². The van der Waals surface area contributed by atoms with Crippen LogP contribution in [0.2, 0.25) is 0 Å². The highest BCUT2D eigenvalue weighted by atomic mass is 16.5. The van der Waals surface area contributed by atoms with E-state index in [1.54, 1.807) is 6.08 Å². The van der Waals surface area contributed by atoms with E-state index in [1.807, 2.05) is 25.2 Å². The molecule has 0 radical (unpaired) electrons. The number of nitrogens with one attached hydrogen (secondary N) is 2. The summed E-state index contributed by atoms with van der Waals surface area (Å²) >= 11 is 0. The van der Waals surface area contributed by atoms with Gasteiger partial charge in [-0.05, 0) is 57.3 Å². The Hall–Kier alpha value is -0.940. The van der Waals surface area contributed by atoms with Crippen LogP contribution >= 0.6 is 0 Å². The van der Waals surface area contributed by atoms with Gasteiger partial charge in [-0.1, -0.05) is 30.9 Å². The second-order valence-corrected chi connectivity index (χ2v) is 5.43. The van der Waals surface area contributed by atoms with E-state index in [1.165, 1.54) is 12.8 Å². The third kappa shape index (κ3) is 8.83. The van der Waals surface area contributed by atoms with Crippen LogP contribution in [0.4, 0.5) is 0 Å². The summed E-state index contributed by atoms with van der Waals surface area (Å²) in [6, 6.07) is 0. The Kier molecular flexibility index (Phi) is 10.1. The third-order valence-corrected chi connectivity index (χ3v) is 3.75. The summed E-state index contributed by atoms with van der Waals surface area (Å²) in [6.07, 6.45) is 10.6. The molecule has 3 N–H and O–H groups in total. The summed E-state index contributed by atoms with van der Waals surface area (Å²) < 4.78 is 5.51. The van der Waals surface area contributed by atoms with Crippen LogP contribution < -0.4 is 10.6 Å². The molecule has 0 bridgehead atoms. The standard InChI is InChI=1S/C17H30N2O2/c1-3-5-6-15(4-2)13-21-14-17(20)19-12-9-16-7-10-18-11-8-16/h3-6,16-20H,1,7-14H2,2H3/b6-5-,15-4+. The fraction of sp³-hybridized carbons (Fsp3) is 0.647. The molecule has 0 amide bonds. The van der Waals surface area contributed by atoms with Crippen molar-refractivity contribution in [1.82, 2.24) is 10.6 Å². The molecule has 0 aromatic heterocycles. The summed E-state index contributed by atoms with van der Waals surface area (Å²) in [5.74, 6) is 0.783. The molecule has 0 aromatic carbocycles. The maximum absolute atomic E-state index is 9.84. The average Bonchev–Trinajstić information content (AvgIpc) is 2.51. The topological polar surface area (TPSA) is 53.5 Å². The Labute approximate surface area is 129 Å². The summed E-state index contributed by atoms with van der Waals surface area (Å²) in [6.45, 7) is 9.53. The minimum Gasteiger partial charge on any atom is -0.376 e. The van der Waals surface area contributed by atoms with Crippen molar-refractivity contribution in [2.45, 2.75) is 32.4 Å². The van der Waals surface area contributed by atoms with Gasteiger partial charge in [-0.25, -0.2) is 0 Å². The number of aliphatic hydroxyl groups is 1. The van der Waals surface area contributed by atoms with Crippen LogP contribution in [-0.4, -0.2) is 44.2 Å². The van der Waals surface area contributed by atoms with Crippen molar-refractivity contribution in [3.05, 3.63) is 36.5 Å². The van der Waals surface area contributed by atoms with Crippen LogP contribution in [0.3, 0.4) is 0 Å². The zero-order chi connectivity index (χ0) is 15.3. The first-order valence-electron chi connectivity index (χ1n) is 7.90. The molecule has 1 aliphatic rings. The quantitative estimate of drug-likeness (QED) is 0.426. The molecule has 0 aromatic rings. The first-order valence-corrected chi connectivity index (χ1v) is 7.90. The van der Waals surface area contributed by atoms with Crippen molar-refractivity contribution in [3.8, 4) is 0 Å². The van der Waals surface area contributed by atoms with Crippen LogP contribution in [0.25, 0.3) is 0 Å². The van der Waals surface area contributed by atoms with E-state index in [-0.39, 0.29) is 0 Å². The number of ether oxygens (including phenoxy) is 1. The first kappa shape index (κ1) is 18.1. The minimum absolute atomic E-state index is 0.311. The molecule has 0 aliphatic carbocycles. The van der Waals surface area contributed by atoms with E-state index < -0.39 is 6.23 Å². The summed E-state index contributed by atoms with van der Waals surface area (Å²) in [4.78, 5) is 0. The maximum atomic E-state index is 9.84. The SMILES string of the molecule is C=C/C=C\C(=C/C)COCC(O)NCCC1CCNCC1. The lowest BCUT2D eigenvalue weighted by molar-refractivity contribution is 0.0270. The lowest BCUT2D eigenvalue weighted by Crippen LogP contribution is -2.36. The van der Waals surface area contributed by atoms with Gasteiger partial charge in [0.25, 0.3) is 0 Å². The summed E-state index contributed by atoms with van der Waals surface area (Å²) in [7, 11) is 0. The van der Waals surface area contributed by atoms with Gasteiger partial charge in [-0.3, -0.25) is 5.32 Å². The molecule has 1 atom stereocenters. The predicted octanol–water partition coefficient (Wildman–Crippen LogP) is 1.99. The van der Waals surface area contributed by atoms with E-state index in [4.69, 9.17) is 4.74 Å². The van der Waals surface area contributed by atoms with Gasteiger partial charge in [0.1, 0.15) is 6.23 Å². The van der Waals surface area contributed by atoms with E-state index in [0.717, 1.165) is 37.5 Å². The Morgan fingerprint density at radius 3 is 2.90 bits per heavy atom. The second kappa shape index (κ2) is 11.7. The molecule has 1 aliphatic heterocycles. The minimum atomic E-state index is -0.590. The number of aliphatic hydroxyl groups excluding tert-OH is 1. The van der Waals surface area contributed by atoms with E-state index in [0.29, 0.717) is 13.2 Å². The highest BCUT2D eigenvalue weighted by Crippen LogP contribution is 2.14. The predicted molar refractivity (Wildman–Crippen MR) is 88.1 cm³/mol. The molecular formula is C17H30N2O2. The first-order chi connectivity index (χ1) is 10.3. The van der Waals surface area contributed by atoms with E-state index >= 15 is 0 Å². The van der Waals surface area contributed by atoms with Crippen LogP contribution in [0.15, 0.2) is 36.5 Å². The largest absolute Gasteiger partial charge is 0.376 e. The van der Waals surface area contributed by atoms with Gasteiger partial charge < -0.3 is 15.2 Å². The monoisotopic (exact) mass is 294 g/mol. The zero-order valence-electron chi connectivity index (χ0n) is 13.2. The average molecular weight is 294 g/mol. The number of piperidine rings is 1. The van der Waals surface area contributed by atoms with Crippen molar-refractivity contribution < 1.29 is 9.84 Å². The molecule has 1 saturated heterocycles. The lowest BCUT2D eigenvalue weighted by atomic mass is 9.95. The van der Waals surface area contributed by atoms with Crippen LogP contribution in [0.1, 0.15) is 26.2 Å². The molecule has 0 spiro atoms. The smallest absolute Gasteiger partial charge is 0.128 e. The Bertz CT molecular complexity index is 334. The molecule has 4 nitrogen and oxygen atoms in total. The Morgan fingerprint density at radius 1 is 1.48 bits per heavy atom. The molecular weight excluding hydrogens is 264 g/mol. The fourth-order valence-electron chi connectivity index (χ4n) is 2.39. The fourth-order valence-corrected chi connectivity index (χ4v) is 2.39. The van der Waals surface area contributed by atoms with Crippen molar-refractivity contribution in [2.24, 2.45) is 5.92 Å². The number of hydrogen-bond donors (Lipinski definition) is 3. The molecule has 21 heavy (non-hydrogen) atoms. The molecule has 4 heteroatoms. The van der Waals surface area contributed by atoms with Gasteiger partial charge in [0.2, 0.25) is 0 Å². The lowest BCUT2D eigenvalue weighted by Gasteiger charge is -2.23. The van der Waals surface area contributed by atoms with E-state index in [2.05, 4.69) is 17.2 Å². The number of allylic oxidation sites excluding steroid dienone is 3. The van der Waals surface area contributed by atoms with Gasteiger partial charge >= 0.3 is 0 Å². The van der Waals surface area contributed by atoms with Gasteiger partial charge in [0, 0.05) is 0 Å². The van der Waals surface area contributed by atoms with Crippen LogP contribution in [0.5, 0.6) is 0 Å². The molecule has 120 valence electrons. The number of hydrogen-bond acceptors (Lipinski definition) is 4. The van der Waals surface area contributed by atoms with Crippen LogP contribution in [0, 0.1) is 5.92 Å². The van der Waals surface area contributed by atoms with Gasteiger partial charge in [0.15, 0.2) is 0 Å². The number of rotatable bonds is 10. The highest BCUT2D eigenvalue weighted by Gasteiger charge is 2.13. The van der Waals surface area contributed by atoms with Gasteiger partial charge in [-0.2, -0.15) is 0 Å². The molecule has 1 fully saturated rings. The Balaban J connectivity index is 2.06. The van der Waals surface area contributed by atoms with Crippen molar-refractivity contribution in [3.63, 3.8) is 0 Å². The maximum Gasteiger partial charge on any atom is 0.128 e. The summed E-state index contributed by atoms with van der Waals surface area (Å²) in [5, 5.41) is 16.3. The molecule has 1 rings (SSSR count). The molecule has 0 saturated carbocycles. The zero-order valence-corrected chi connectivity index (χ0v) is 13.2. The van der Waals surface area contributed by atoms with E-state index in [9.17, 15) is 5.11 Å². The molecule has 1 heterocycles. The van der Waals surface area contributed by atoms with Crippen molar-refractivity contribution in [2.75, 3.05) is 32.8 Å². The van der Waals surface area contributed by atoms with Crippen molar-refractivity contribution >= 4 is 0 Å². The second-order valence-electron chi connectivity index (χ2n) is 5.43. The normalized spacial score (nSPS) is 19.0. The highest BCUT2D eigenvalue weighted by molar-refractivity contribution is 5.21. The summed E-state index contributed by atoms with van der Waals surface area (Å²) in [5.41, 5.74) is 1.08. The van der Waals surface area contributed by atoms with Gasteiger partial charge in [-0.15, -0.1) is 0 Å². The van der Waals surface area contributed by atoms with Crippen molar-refractivity contribution in [1.29, 1.82) is 0 Å². The third-order valence-electron chi connectivity index (χ3n) is 3.75. The van der Waals surface area contributed by atoms with Gasteiger partial charge in [0.05, 0.1) is 13.2 Å². The molecule has 1 unspecified atom stereocenters.